The number of nitrogens with zero attached hydrogens (tertiary/aromatic N) is 3. The van der Waals surface area contributed by atoms with Crippen molar-refractivity contribution in [3.63, 3.8) is 0 Å². The van der Waals surface area contributed by atoms with Crippen molar-refractivity contribution in [2.24, 2.45) is 0 Å². The van der Waals surface area contributed by atoms with E-state index >= 15 is 0 Å². The largest absolute Gasteiger partial charge is 0.340 e. The lowest BCUT2D eigenvalue weighted by Crippen LogP contribution is -2.56. The van der Waals surface area contributed by atoms with E-state index in [0.717, 1.165) is 50.0 Å². The summed E-state index contributed by atoms with van der Waals surface area (Å²) in [5, 5.41) is 3.03. The number of benzene rings is 1. The number of likely N-dealkylation sites (tertiary alicyclic amines) is 2. The van der Waals surface area contributed by atoms with Gasteiger partial charge >= 0.3 is 6.03 Å². The Labute approximate surface area is 184 Å². The van der Waals surface area contributed by atoms with Crippen molar-refractivity contribution in [2.75, 3.05) is 32.7 Å². The minimum atomic E-state index is -0.755. The van der Waals surface area contributed by atoms with E-state index in [9.17, 15) is 14.4 Å². The number of piperidine rings is 2. The summed E-state index contributed by atoms with van der Waals surface area (Å²) in [6.07, 6.45) is 4.33. The van der Waals surface area contributed by atoms with Crippen molar-refractivity contribution < 1.29 is 14.4 Å². The highest BCUT2D eigenvalue weighted by molar-refractivity contribution is 6.07. The molecule has 0 aromatic heterocycles. The molecule has 168 valence electrons. The van der Waals surface area contributed by atoms with E-state index in [1.807, 2.05) is 36.1 Å². The number of carbonyl (C=O) groups excluding carboxylic acids is 3. The highest BCUT2D eigenvalue weighted by Crippen LogP contribution is 2.32. The number of carbonyl (C=O) groups is 3. The van der Waals surface area contributed by atoms with Crippen LogP contribution in [0.25, 0.3) is 0 Å². The second kappa shape index (κ2) is 8.99. The third-order valence-electron chi connectivity index (χ3n) is 6.99. The average molecular weight is 427 g/mol. The molecule has 3 aliphatic heterocycles. The average Bonchev–Trinajstić information content (AvgIpc) is 2.99. The van der Waals surface area contributed by atoms with Crippen molar-refractivity contribution in [3.05, 3.63) is 35.4 Å². The molecule has 31 heavy (non-hydrogen) atoms. The predicted molar refractivity (Wildman–Crippen MR) is 119 cm³/mol. The van der Waals surface area contributed by atoms with Gasteiger partial charge in [-0.1, -0.05) is 36.8 Å². The zero-order valence-electron chi connectivity index (χ0n) is 18.7. The second-order valence-corrected chi connectivity index (χ2v) is 9.33. The third-order valence-corrected chi connectivity index (χ3v) is 6.99. The second-order valence-electron chi connectivity index (χ2n) is 9.33. The van der Waals surface area contributed by atoms with Crippen LogP contribution in [0.1, 0.15) is 50.2 Å². The molecular formula is C24H34N4O3. The number of aryl methyl sites for hydroxylation is 1. The van der Waals surface area contributed by atoms with Gasteiger partial charge in [0.15, 0.2) is 0 Å². The van der Waals surface area contributed by atoms with Crippen molar-refractivity contribution in [1.82, 2.24) is 20.0 Å². The number of nitrogens with one attached hydrogen (secondary N) is 1. The molecule has 1 N–H and O–H groups in total. The normalized spacial score (nSPS) is 24.0. The van der Waals surface area contributed by atoms with Gasteiger partial charge in [-0.25, -0.2) is 4.79 Å². The lowest BCUT2D eigenvalue weighted by atomic mass is 9.87. The van der Waals surface area contributed by atoms with Gasteiger partial charge in [-0.05, 0) is 51.1 Å². The van der Waals surface area contributed by atoms with Crippen molar-refractivity contribution in [2.45, 2.75) is 64.0 Å². The monoisotopic (exact) mass is 426 g/mol. The summed E-state index contributed by atoms with van der Waals surface area (Å²) in [7, 11) is 0. The minimum absolute atomic E-state index is 0.0601. The molecule has 1 aromatic rings. The van der Waals surface area contributed by atoms with Gasteiger partial charge in [-0.2, -0.15) is 0 Å². The van der Waals surface area contributed by atoms with Gasteiger partial charge in [0.05, 0.1) is 12.5 Å². The summed E-state index contributed by atoms with van der Waals surface area (Å²) in [5.41, 5.74) is 1.38. The first kappa shape index (κ1) is 21.8. The molecule has 3 saturated heterocycles. The van der Waals surface area contributed by atoms with Crippen LogP contribution < -0.4 is 5.32 Å². The Bertz CT molecular complexity index is 847. The SMILES string of the molecule is CCCN1CCC2(CC1)NC(=O)N([C@@H]1CCCN(C(=O)Cc3cccc(C)c3)C1)C2=O. The van der Waals surface area contributed by atoms with E-state index in [4.69, 9.17) is 0 Å². The Morgan fingerprint density at radius 1 is 1.19 bits per heavy atom. The molecular weight excluding hydrogens is 392 g/mol. The van der Waals surface area contributed by atoms with E-state index in [2.05, 4.69) is 17.1 Å². The molecule has 1 atom stereocenters. The standard InChI is InChI=1S/C24H34N4O3/c1-3-11-26-13-9-24(10-14-26)22(30)28(23(31)25-24)20-8-5-12-27(17-20)21(29)16-19-7-4-6-18(2)15-19/h4,6-7,15,20H,3,5,8-14,16-17H2,1-2H3,(H,25,31)/t20-/m1/s1. The molecule has 0 aliphatic carbocycles. The molecule has 7 heteroatoms. The van der Waals surface area contributed by atoms with E-state index < -0.39 is 5.54 Å². The Hall–Kier alpha value is -2.41. The van der Waals surface area contributed by atoms with Crippen LogP contribution in [0.3, 0.4) is 0 Å². The first-order valence-corrected chi connectivity index (χ1v) is 11.6. The molecule has 3 heterocycles. The summed E-state index contributed by atoms with van der Waals surface area (Å²) in [6.45, 7) is 7.99. The van der Waals surface area contributed by atoms with Crippen LogP contribution in [0.2, 0.25) is 0 Å². The van der Waals surface area contributed by atoms with Crippen LogP contribution in [-0.2, 0) is 16.0 Å². The Morgan fingerprint density at radius 2 is 1.97 bits per heavy atom. The van der Waals surface area contributed by atoms with Crippen LogP contribution in [0.5, 0.6) is 0 Å². The molecule has 3 aliphatic rings. The van der Waals surface area contributed by atoms with Gasteiger partial charge in [0, 0.05) is 26.2 Å². The highest BCUT2D eigenvalue weighted by Gasteiger charge is 2.54. The van der Waals surface area contributed by atoms with Gasteiger partial charge in [-0.3, -0.25) is 14.5 Å². The lowest BCUT2D eigenvalue weighted by Gasteiger charge is -2.39. The molecule has 3 fully saturated rings. The fraction of sp³-hybridized carbons (Fsp3) is 0.625. The van der Waals surface area contributed by atoms with Gasteiger partial charge < -0.3 is 15.1 Å². The molecule has 1 spiro atoms. The van der Waals surface area contributed by atoms with Gasteiger partial charge in [0.2, 0.25) is 5.91 Å². The van der Waals surface area contributed by atoms with Crippen molar-refractivity contribution >= 4 is 17.8 Å². The van der Waals surface area contributed by atoms with Crippen LogP contribution >= 0.6 is 0 Å². The lowest BCUT2D eigenvalue weighted by molar-refractivity contribution is -0.138. The van der Waals surface area contributed by atoms with Crippen LogP contribution in [0.4, 0.5) is 4.79 Å². The van der Waals surface area contributed by atoms with Crippen LogP contribution in [0, 0.1) is 6.92 Å². The molecule has 4 rings (SSSR count). The number of urea groups is 1. The molecule has 0 radical (unpaired) electrons. The van der Waals surface area contributed by atoms with Crippen molar-refractivity contribution in [3.8, 4) is 0 Å². The van der Waals surface area contributed by atoms with E-state index in [1.165, 1.54) is 4.90 Å². The van der Waals surface area contributed by atoms with E-state index in [0.29, 0.717) is 32.4 Å². The van der Waals surface area contributed by atoms with E-state index in [1.54, 1.807) is 0 Å². The number of imide groups is 1. The topological polar surface area (TPSA) is 73.0 Å². The first-order chi connectivity index (χ1) is 14.9. The van der Waals surface area contributed by atoms with Gasteiger partial charge in [0.25, 0.3) is 5.91 Å². The third kappa shape index (κ3) is 4.47. The first-order valence-electron chi connectivity index (χ1n) is 11.6. The number of rotatable bonds is 5. The smallest absolute Gasteiger partial charge is 0.325 e. The maximum Gasteiger partial charge on any atom is 0.325 e. The molecule has 0 saturated carbocycles. The van der Waals surface area contributed by atoms with Gasteiger partial charge in [0.1, 0.15) is 5.54 Å². The summed E-state index contributed by atoms with van der Waals surface area (Å²) in [4.78, 5) is 44.8. The summed E-state index contributed by atoms with van der Waals surface area (Å²) in [5.74, 6) is -0.0310. The molecule has 7 nitrogen and oxygen atoms in total. The number of amides is 4. The van der Waals surface area contributed by atoms with Crippen LogP contribution in [0.15, 0.2) is 24.3 Å². The Kier molecular flexibility index (Phi) is 6.32. The zero-order chi connectivity index (χ0) is 22.0. The van der Waals surface area contributed by atoms with Crippen LogP contribution in [-0.4, -0.2) is 76.8 Å². The quantitative estimate of drug-likeness (QED) is 0.734. The highest BCUT2D eigenvalue weighted by atomic mass is 16.2. The maximum absolute atomic E-state index is 13.4. The fourth-order valence-electron chi connectivity index (χ4n) is 5.29. The number of hydrogen-bond donors (Lipinski definition) is 1. The Morgan fingerprint density at radius 3 is 2.68 bits per heavy atom. The Balaban J connectivity index is 1.40. The minimum Gasteiger partial charge on any atom is -0.340 e. The fourth-order valence-corrected chi connectivity index (χ4v) is 5.29. The van der Waals surface area contributed by atoms with Crippen molar-refractivity contribution in [1.29, 1.82) is 0 Å². The van der Waals surface area contributed by atoms with E-state index in [-0.39, 0.29) is 23.9 Å². The molecule has 1 aromatic carbocycles. The summed E-state index contributed by atoms with van der Waals surface area (Å²) < 4.78 is 0. The molecule has 0 bridgehead atoms. The number of hydrogen-bond acceptors (Lipinski definition) is 4. The molecule has 0 unspecified atom stereocenters. The maximum atomic E-state index is 13.4. The summed E-state index contributed by atoms with van der Waals surface area (Å²) in [6, 6.07) is 7.47. The zero-order valence-corrected chi connectivity index (χ0v) is 18.7. The molecule has 4 amide bonds. The summed E-state index contributed by atoms with van der Waals surface area (Å²) >= 11 is 0. The predicted octanol–water partition coefficient (Wildman–Crippen LogP) is 2.32. The van der Waals surface area contributed by atoms with Gasteiger partial charge in [-0.15, -0.1) is 0 Å².